The monoisotopic (exact) mass is 191 g/mol. The van der Waals surface area contributed by atoms with Gasteiger partial charge in [-0.1, -0.05) is 0 Å². The van der Waals surface area contributed by atoms with Gasteiger partial charge in [0.15, 0.2) is 0 Å². The SMILES string of the molecule is O=S1(=O)CCCN1C1(CO)CC1. The summed E-state index contributed by atoms with van der Waals surface area (Å²) in [7, 11) is -3.02. The lowest BCUT2D eigenvalue weighted by atomic mass is 10.3. The van der Waals surface area contributed by atoms with Crippen molar-refractivity contribution < 1.29 is 13.5 Å². The van der Waals surface area contributed by atoms with Gasteiger partial charge >= 0.3 is 0 Å². The lowest BCUT2D eigenvalue weighted by Crippen LogP contribution is -2.41. The summed E-state index contributed by atoms with van der Waals surface area (Å²) < 4.78 is 24.3. The number of aliphatic hydroxyl groups excluding tert-OH is 1. The predicted octanol–water partition coefficient (Wildman–Crippen LogP) is -0.453. The lowest BCUT2D eigenvalue weighted by molar-refractivity contribution is 0.177. The zero-order chi connectivity index (χ0) is 8.82. The topological polar surface area (TPSA) is 57.6 Å². The average Bonchev–Trinajstić information content (AvgIpc) is 2.72. The van der Waals surface area contributed by atoms with E-state index in [-0.39, 0.29) is 12.4 Å². The van der Waals surface area contributed by atoms with Crippen molar-refractivity contribution >= 4 is 10.0 Å². The molecule has 0 atom stereocenters. The highest BCUT2D eigenvalue weighted by Crippen LogP contribution is 2.44. The molecule has 0 bridgehead atoms. The average molecular weight is 191 g/mol. The van der Waals surface area contributed by atoms with Gasteiger partial charge < -0.3 is 5.11 Å². The molecule has 1 saturated carbocycles. The molecule has 0 aromatic heterocycles. The van der Waals surface area contributed by atoms with Crippen molar-refractivity contribution in [3.8, 4) is 0 Å². The van der Waals surface area contributed by atoms with Gasteiger partial charge in [0.1, 0.15) is 0 Å². The smallest absolute Gasteiger partial charge is 0.214 e. The first-order chi connectivity index (χ1) is 5.61. The van der Waals surface area contributed by atoms with E-state index in [4.69, 9.17) is 5.11 Å². The van der Waals surface area contributed by atoms with Crippen LogP contribution in [0.1, 0.15) is 19.3 Å². The second-order valence-corrected chi connectivity index (χ2v) is 5.64. The van der Waals surface area contributed by atoms with Gasteiger partial charge in [-0.2, -0.15) is 4.31 Å². The van der Waals surface area contributed by atoms with Gasteiger partial charge in [-0.25, -0.2) is 8.42 Å². The first-order valence-electron chi connectivity index (χ1n) is 4.22. The molecular formula is C7H13NO3S. The third-order valence-corrected chi connectivity index (χ3v) is 4.80. The maximum atomic E-state index is 11.4. The third-order valence-electron chi connectivity index (χ3n) is 2.75. The Morgan fingerprint density at radius 1 is 1.42 bits per heavy atom. The molecule has 5 heteroatoms. The molecule has 2 fully saturated rings. The molecule has 0 amide bonds. The van der Waals surface area contributed by atoms with Gasteiger partial charge in [0.2, 0.25) is 10.0 Å². The fourth-order valence-corrected chi connectivity index (χ4v) is 3.75. The second kappa shape index (κ2) is 2.43. The molecule has 0 aromatic rings. The Hall–Kier alpha value is -0.130. The van der Waals surface area contributed by atoms with Crippen LogP contribution >= 0.6 is 0 Å². The maximum Gasteiger partial charge on any atom is 0.214 e. The Morgan fingerprint density at radius 2 is 2.08 bits per heavy atom. The molecule has 0 radical (unpaired) electrons. The Bertz CT molecular complexity index is 281. The molecule has 4 nitrogen and oxygen atoms in total. The Balaban J connectivity index is 2.24. The quantitative estimate of drug-likeness (QED) is 0.643. The summed E-state index contributed by atoms with van der Waals surface area (Å²) in [6.45, 7) is 0.578. The molecule has 1 heterocycles. The molecular weight excluding hydrogens is 178 g/mol. The minimum absolute atomic E-state index is 0.0216. The molecule has 70 valence electrons. The summed E-state index contributed by atoms with van der Waals surface area (Å²) in [5.41, 5.74) is -0.394. The van der Waals surface area contributed by atoms with Gasteiger partial charge in [0, 0.05) is 6.54 Å². The van der Waals surface area contributed by atoms with Crippen molar-refractivity contribution in [3.63, 3.8) is 0 Å². The second-order valence-electron chi connectivity index (χ2n) is 3.62. The van der Waals surface area contributed by atoms with Crippen molar-refractivity contribution in [1.29, 1.82) is 0 Å². The van der Waals surface area contributed by atoms with E-state index >= 15 is 0 Å². The number of aliphatic hydroxyl groups is 1. The van der Waals surface area contributed by atoms with Crippen LogP contribution in [0.25, 0.3) is 0 Å². The Morgan fingerprint density at radius 3 is 2.42 bits per heavy atom. The molecule has 2 aliphatic rings. The van der Waals surface area contributed by atoms with Crippen LogP contribution in [0.5, 0.6) is 0 Å². The highest BCUT2D eigenvalue weighted by Gasteiger charge is 2.53. The van der Waals surface area contributed by atoms with Crippen molar-refractivity contribution in [3.05, 3.63) is 0 Å². The number of sulfonamides is 1. The van der Waals surface area contributed by atoms with E-state index in [2.05, 4.69) is 0 Å². The largest absolute Gasteiger partial charge is 0.394 e. The van der Waals surface area contributed by atoms with Gasteiger partial charge in [-0.15, -0.1) is 0 Å². The first kappa shape index (κ1) is 8.47. The third kappa shape index (κ3) is 1.08. The van der Waals surface area contributed by atoms with Crippen LogP contribution in [0, 0.1) is 0 Å². The molecule has 1 saturated heterocycles. The molecule has 1 N–H and O–H groups in total. The number of nitrogens with zero attached hydrogens (tertiary/aromatic N) is 1. The molecule has 0 spiro atoms. The number of hydrogen-bond donors (Lipinski definition) is 1. The van der Waals surface area contributed by atoms with Gasteiger partial charge in [0.05, 0.1) is 17.9 Å². The van der Waals surface area contributed by atoms with Gasteiger partial charge in [-0.3, -0.25) is 0 Å². The summed E-state index contributed by atoms with van der Waals surface area (Å²) in [4.78, 5) is 0. The van der Waals surface area contributed by atoms with Gasteiger partial charge in [0.25, 0.3) is 0 Å². The lowest BCUT2D eigenvalue weighted by Gasteiger charge is -2.23. The van der Waals surface area contributed by atoms with E-state index < -0.39 is 15.6 Å². The van der Waals surface area contributed by atoms with Crippen LogP contribution in [0.3, 0.4) is 0 Å². The van der Waals surface area contributed by atoms with Crippen molar-refractivity contribution in [1.82, 2.24) is 4.31 Å². The van der Waals surface area contributed by atoms with Crippen molar-refractivity contribution in [2.24, 2.45) is 0 Å². The van der Waals surface area contributed by atoms with Crippen LogP contribution in [0.15, 0.2) is 0 Å². The number of rotatable bonds is 2. The summed E-state index contributed by atoms with van der Waals surface area (Å²) in [6.07, 6.45) is 2.36. The molecule has 0 aromatic carbocycles. The van der Waals surface area contributed by atoms with E-state index in [0.717, 1.165) is 12.8 Å². The van der Waals surface area contributed by atoms with Gasteiger partial charge in [-0.05, 0) is 19.3 Å². The predicted molar refractivity (Wildman–Crippen MR) is 44.2 cm³/mol. The zero-order valence-corrected chi connectivity index (χ0v) is 7.68. The summed E-state index contributed by atoms with van der Waals surface area (Å²) in [5.74, 6) is 0.259. The summed E-state index contributed by atoms with van der Waals surface area (Å²) >= 11 is 0. The molecule has 2 rings (SSSR count). The molecule has 1 aliphatic heterocycles. The van der Waals surface area contributed by atoms with Crippen molar-refractivity contribution in [2.45, 2.75) is 24.8 Å². The van der Waals surface area contributed by atoms with Crippen LogP contribution in [-0.4, -0.2) is 42.3 Å². The molecule has 0 unspecified atom stereocenters. The van der Waals surface area contributed by atoms with E-state index in [0.29, 0.717) is 13.0 Å². The van der Waals surface area contributed by atoms with Crippen LogP contribution in [-0.2, 0) is 10.0 Å². The normalized spacial score (nSPS) is 32.1. The van der Waals surface area contributed by atoms with Crippen LogP contribution in [0.2, 0.25) is 0 Å². The highest BCUT2D eigenvalue weighted by molar-refractivity contribution is 7.89. The standard InChI is InChI=1S/C7H13NO3S/c9-6-7(2-3-7)8-4-1-5-12(8,10)11/h9H,1-6H2. The summed E-state index contributed by atoms with van der Waals surface area (Å²) in [6, 6.07) is 0. The van der Waals surface area contributed by atoms with E-state index in [9.17, 15) is 8.42 Å². The maximum absolute atomic E-state index is 11.4. The summed E-state index contributed by atoms with van der Waals surface area (Å²) in [5, 5.41) is 9.04. The fourth-order valence-electron chi connectivity index (χ4n) is 1.80. The minimum Gasteiger partial charge on any atom is -0.394 e. The van der Waals surface area contributed by atoms with Crippen molar-refractivity contribution in [2.75, 3.05) is 18.9 Å². The highest BCUT2D eigenvalue weighted by atomic mass is 32.2. The van der Waals surface area contributed by atoms with Crippen LogP contribution < -0.4 is 0 Å². The fraction of sp³-hybridized carbons (Fsp3) is 1.00. The molecule has 1 aliphatic carbocycles. The van der Waals surface area contributed by atoms with Crippen LogP contribution in [0.4, 0.5) is 0 Å². The number of hydrogen-bond acceptors (Lipinski definition) is 3. The van der Waals surface area contributed by atoms with E-state index in [1.165, 1.54) is 4.31 Å². The van der Waals surface area contributed by atoms with E-state index in [1.807, 2.05) is 0 Å². The zero-order valence-electron chi connectivity index (χ0n) is 6.86. The molecule has 12 heavy (non-hydrogen) atoms. The van der Waals surface area contributed by atoms with E-state index in [1.54, 1.807) is 0 Å². The first-order valence-corrected chi connectivity index (χ1v) is 5.83. The Labute approximate surface area is 72.2 Å². The minimum atomic E-state index is -3.02. The Kier molecular flexibility index (Phi) is 1.72.